The van der Waals surface area contributed by atoms with E-state index in [9.17, 15) is 0 Å². The number of nitrogens with zero attached hydrogens (tertiary/aromatic N) is 2. The van der Waals surface area contributed by atoms with Gasteiger partial charge in [0.2, 0.25) is 0 Å². The van der Waals surface area contributed by atoms with Gasteiger partial charge in [-0.1, -0.05) is 12.1 Å². The second kappa shape index (κ2) is 3.53. The van der Waals surface area contributed by atoms with Gasteiger partial charge in [-0.05, 0) is 12.1 Å². The van der Waals surface area contributed by atoms with E-state index in [1.165, 1.54) is 0 Å². The van der Waals surface area contributed by atoms with E-state index in [2.05, 4.69) is 10.6 Å². The fraction of sp³-hybridized carbons (Fsp3) is 0.222. The number of halogens is 1. The lowest BCUT2D eigenvalue weighted by atomic mass is 10.3. The molecule has 1 heterocycles. The number of rotatable bonds is 0. The van der Waals surface area contributed by atoms with Crippen LogP contribution < -0.4 is 34.4 Å². The monoisotopic (exact) mass is 289 g/mol. The zero-order chi connectivity index (χ0) is 8.72. The van der Waals surface area contributed by atoms with Crippen molar-refractivity contribution in [1.29, 1.82) is 0 Å². The third-order valence-electron chi connectivity index (χ3n) is 2.34. The van der Waals surface area contributed by atoms with Crippen LogP contribution in [0.4, 0.5) is 0 Å². The summed E-state index contributed by atoms with van der Waals surface area (Å²) in [7, 11) is 2.01. The summed E-state index contributed by atoms with van der Waals surface area (Å²) in [6, 6.07) is 8.08. The fourth-order valence-corrected chi connectivity index (χ4v) is 1.46. The van der Waals surface area contributed by atoms with Crippen molar-refractivity contribution in [3.63, 3.8) is 0 Å². The summed E-state index contributed by atoms with van der Waals surface area (Å²) in [6.07, 6.45) is 0. The highest BCUT2D eigenvalue weighted by molar-refractivity contribution is 5.72. The molecule has 0 aliphatic carbocycles. The van der Waals surface area contributed by atoms with Gasteiger partial charge in [-0.15, -0.1) is 4.68 Å². The number of nitrogens with two attached hydrogens (primary N) is 1. The van der Waals surface area contributed by atoms with Crippen molar-refractivity contribution in [1.82, 2.24) is 4.68 Å². The minimum Gasteiger partial charge on any atom is -1.00 e. The van der Waals surface area contributed by atoms with Crippen LogP contribution in [0.2, 0.25) is 0 Å². The normalized spacial score (nSPS) is 10.0. The molecule has 0 atom stereocenters. The van der Waals surface area contributed by atoms with E-state index in [0.29, 0.717) is 0 Å². The molecule has 0 unspecified atom stereocenters. The molecule has 4 heteroatoms. The van der Waals surface area contributed by atoms with Crippen LogP contribution in [-0.2, 0) is 7.05 Å². The zero-order valence-electron chi connectivity index (χ0n) is 7.66. The zero-order valence-corrected chi connectivity index (χ0v) is 9.82. The summed E-state index contributed by atoms with van der Waals surface area (Å²) in [5.41, 5.74) is 2.23. The summed E-state index contributed by atoms with van der Waals surface area (Å²) in [6.45, 7) is 2.00. The second-order valence-corrected chi connectivity index (χ2v) is 2.96. The van der Waals surface area contributed by atoms with Crippen molar-refractivity contribution in [2.45, 2.75) is 6.92 Å². The van der Waals surface area contributed by atoms with Gasteiger partial charge in [0.05, 0.1) is 7.05 Å². The predicted octanol–water partition coefficient (Wildman–Crippen LogP) is -2.51. The van der Waals surface area contributed by atoms with E-state index in [4.69, 9.17) is 5.84 Å². The summed E-state index contributed by atoms with van der Waals surface area (Å²) < 4.78 is 3.78. The number of hydrogen-bond donors (Lipinski definition) is 1. The molecule has 1 aromatic heterocycles. The molecule has 2 aromatic rings. The molecule has 2 N–H and O–H groups in total. The van der Waals surface area contributed by atoms with Gasteiger partial charge in [-0.2, -0.15) is 0 Å². The topological polar surface area (TPSA) is 34.8 Å². The van der Waals surface area contributed by atoms with Crippen LogP contribution in [0, 0.1) is 6.92 Å². The molecule has 3 nitrogen and oxygen atoms in total. The molecule has 0 aliphatic heterocycles. The largest absolute Gasteiger partial charge is 1.00 e. The Labute approximate surface area is 94.1 Å². The van der Waals surface area contributed by atoms with Crippen LogP contribution in [0.15, 0.2) is 24.3 Å². The number of benzene rings is 1. The molecule has 0 aliphatic rings. The van der Waals surface area contributed by atoms with Crippen molar-refractivity contribution in [3.8, 4) is 0 Å². The molecule has 0 bridgehead atoms. The number of fused-ring (bicyclic) bond motifs is 1. The first-order valence-corrected chi connectivity index (χ1v) is 3.93. The lowest BCUT2D eigenvalue weighted by molar-refractivity contribution is -0.652. The highest BCUT2D eigenvalue weighted by Crippen LogP contribution is 2.09. The van der Waals surface area contributed by atoms with Gasteiger partial charge in [0.1, 0.15) is 0 Å². The highest BCUT2D eigenvalue weighted by Gasteiger charge is 2.15. The quantitative estimate of drug-likeness (QED) is 0.325. The molecule has 0 radical (unpaired) electrons. The third-order valence-corrected chi connectivity index (χ3v) is 2.34. The maximum atomic E-state index is 5.83. The van der Waals surface area contributed by atoms with Crippen molar-refractivity contribution in [2.75, 3.05) is 5.84 Å². The van der Waals surface area contributed by atoms with Crippen LogP contribution in [-0.4, -0.2) is 4.68 Å². The number of para-hydroxylation sites is 2. The average Bonchev–Trinajstić information content (AvgIpc) is 2.33. The second-order valence-electron chi connectivity index (χ2n) is 2.96. The first-order chi connectivity index (χ1) is 5.72. The van der Waals surface area contributed by atoms with Gasteiger partial charge < -0.3 is 24.0 Å². The lowest BCUT2D eigenvalue weighted by Crippen LogP contribution is -3.00. The molecule has 70 valence electrons. The molecule has 2 rings (SSSR count). The molecule has 0 fully saturated rings. The van der Waals surface area contributed by atoms with E-state index in [0.717, 1.165) is 16.9 Å². The maximum Gasteiger partial charge on any atom is 0.277 e. The van der Waals surface area contributed by atoms with Gasteiger partial charge in [0.15, 0.2) is 11.0 Å². The standard InChI is InChI=1S/C9H12N3.HI/c1-7-11(2)8-5-3-4-6-9(8)12(7)10;/h3-6H,10H2,1-2H3;1H/q+1;/p-1. The molecule has 0 amide bonds. The van der Waals surface area contributed by atoms with Gasteiger partial charge in [-0.25, -0.2) is 4.57 Å². The Bertz CT molecular complexity index is 395. The van der Waals surface area contributed by atoms with E-state index in [-0.39, 0.29) is 24.0 Å². The number of nitrogen functional groups attached to an aromatic ring is 1. The van der Waals surface area contributed by atoms with Crippen molar-refractivity contribution < 1.29 is 28.5 Å². The Morgan fingerprint density at radius 1 is 1.31 bits per heavy atom. The number of imidazole rings is 1. The van der Waals surface area contributed by atoms with Crippen LogP contribution in [0.5, 0.6) is 0 Å². The molecule has 13 heavy (non-hydrogen) atoms. The van der Waals surface area contributed by atoms with E-state index < -0.39 is 0 Å². The Kier molecular flexibility index (Phi) is 2.80. The first kappa shape index (κ1) is 10.3. The maximum absolute atomic E-state index is 5.83. The predicted molar refractivity (Wildman–Crippen MR) is 48.0 cm³/mol. The third kappa shape index (κ3) is 1.39. The van der Waals surface area contributed by atoms with E-state index >= 15 is 0 Å². The molecular formula is C9H12IN3. The lowest BCUT2D eigenvalue weighted by Gasteiger charge is -1.85. The van der Waals surface area contributed by atoms with Crippen LogP contribution in [0.1, 0.15) is 5.82 Å². The minimum atomic E-state index is 0. The van der Waals surface area contributed by atoms with Gasteiger partial charge >= 0.3 is 0 Å². The number of aryl methyl sites for hydroxylation is 1. The molecule has 1 aromatic carbocycles. The molecule has 0 saturated carbocycles. The Balaban J connectivity index is 0.000000845. The molecule has 0 saturated heterocycles. The summed E-state index contributed by atoms with van der Waals surface area (Å²) >= 11 is 0. The Morgan fingerprint density at radius 3 is 2.54 bits per heavy atom. The smallest absolute Gasteiger partial charge is 0.277 e. The number of aromatic nitrogens is 2. The average molecular weight is 289 g/mol. The number of hydrogen-bond acceptors (Lipinski definition) is 1. The van der Waals surface area contributed by atoms with Crippen LogP contribution in [0.3, 0.4) is 0 Å². The Hall–Kier alpha value is -0.780. The summed E-state index contributed by atoms with van der Waals surface area (Å²) in [4.78, 5) is 0. The highest BCUT2D eigenvalue weighted by atomic mass is 127. The van der Waals surface area contributed by atoms with E-state index in [1.54, 1.807) is 4.68 Å². The summed E-state index contributed by atoms with van der Waals surface area (Å²) in [5.74, 6) is 6.89. The SMILES string of the molecule is Cc1n(N)c2ccccc2[n+]1C.[I-]. The van der Waals surface area contributed by atoms with Crippen molar-refractivity contribution >= 4 is 11.0 Å². The van der Waals surface area contributed by atoms with Gasteiger partial charge in [-0.3, -0.25) is 5.84 Å². The van der Waals surface area contributed by atoms with Gasteiger partial charge in [0, 0.05) is 6.92 Å². The van der Waals surface area contributed by atoms with Crippen molar-refractivity contribution in [2.24, 2.45) is 7.05 Å². The molecular weight excluding hydrogens is 277 g/mol. The van der Waals surface area contributed by atoms with Crippen LogP contribution in [0.25, 0.3) is 11.0 Å². The first-order valence-electron chi connectivity index (χ1n) is 3.93. The Morgan fingerprint density at radius 2 is 1.92 bits per heavy atom. The molecule has 0 spiro atoms. The fourth-order valence-electron chi connectivity index (χ4n) is 1.46. The van der Waals surface area contributed by atoms with E-state index in [1.807, 2.05) is 32.2 Å². The van der Waals surface area contributed by atoms with Crippen LogP contribution >= 0.6 is 0 Å². The summed E-state index contributed by atoms with van der Waals surface area (Å²) in [5, 5.41) is 0. The van der Waals surface area contributed by atoms with Gasteiger partial charge in [0.25, 0.3) is 5.82 Å². The minimum absolute atomic E-state index is 0. The van der Waals surface area contributed by atoms with Crippen molar-refractivity contribution in [3.05, 3.63) is 30.1 Å².